The van der Waals surface area contributed by atoms with Crippen LogP contribution in [0.1, 0.15) is 71.5 Å². The van der Waals surface area contributed by atoms with Crippen LogP contribution < -0.4 is 10.6 Å². The molecule has 2 aliphatic heterocycles. The Morgan fingerprint density at radius 1 is 1.03 bits per heavy atom. The number of allylic oxidation sites excluding steroid dienone is 2. The summed E-state index contributed by atoms with van der Waals surface area (Å²) < 4.78 is 6.47. The standard InChI is InChI=1S/C31H28N2O5/c1-16(2)15-30-23-9-7-5-6-8-10-24(35)31(30,38-30)21-14-22(34)25-26(27(21)33-23)28(36)19-12-11-18(32-17(3)4)13-20(19)29(25)37/h5-6,11-14,16-17,23-24,32-35H,15H2,1-4H3/b6-5-/t23-,24+,30-,31-/m0/s1. The Hall–Kier alpha value is -4.04. The summed E-state index contributed by atoms with van der Waals surface area (Å²) >= 11 is 0. The number of ketones is 2. The minimum Gasteiger partial charge on any atom is -0.507 e. The van der Waals surface area contributed by atoms with Crippen molar-refractivity contribution in [1.82, 2.24) is 0 Å². The Labute approximate surface area is 221 Å². The van der Waals surface area contributed by atoms with E-state index in [0.29, 0.717) is 23.4 Å². The highest BCUT2D eigenvalue weighted by atomic mass is 16.6. The maximum atomic E-state index is 14.0. The summed E-state index contributed by atoms with van der Waals surface area (Å²) in [6, 6.07) is 6.03. The highest BCUT2D eigenvalue weighted by Crippen LogP contribution is 2.67. The lowest BCUT2D eigenvalue weighted by atomic mass is 9.69. The highest BCUT2D eigenvalue weighted by molar-refractivity contribution is 6.31. The van der Waals surface area contributed by atoms with Crippen molar-refractivity contribution in [2.75, 3.05) is 10.6 Å². The molecule has 4 N–H and O–H groups in total. The van der Waals surface area contributed by atoms with E-state index in [-0.39, 0.29) is 40.0 Å². The maximum Gasteiger partial charge on any atom is 0.198 e. The zero-order valence-corrected chi connectivity index (χ0v) is 21.6. The van der Waals surface area contributed by atoms with Crippen molar-refractivity contribution in [3.05, 3.63) is 64.2 Å². The molecular weight excluding hydrogens is 480 g/mol. The Balaban J connectivity index is 1.59. The smallest absolute Gasteiger partial charge is 0.198 e. The normalized spacial score (nSPS) is 28.4. The van der Waals surface area contributed by atoms with E-state index in [1.54, 1.807) is 30.4 Å². The molecule has 1 fully saturated rings. The van der Waals surface area contributed by atoms with Crippen molar-refractivity contribution in [1.29, 1.82) is 0 Å². The molecule has 7 heteroatoms. The Bertz CT molecular complexity index is 1580. The molecule has 7 nitrogen and oxygen atoms in total. The van der Waals surface area contributed by atoms with Crippen LogP contribution in [0.25, 0.3) is 0 Å². The van der Waals surface area contributed by atoms with Crippen molar-refractivity contribution < 1.29 is 24.5 Å². The molecule has 2 aromatic carbocycles. The SMILES string of the molecule is CC(C)C[C@@]12O[C@]13c1cc(O)c4c(c1N[C@H]2C#C/C=C\C#C[C@H]3O)C(=O)c1ccc(NC(C)C)cc1C4=O. The van der Waals surface area contributed by atoms with Crippen LogP contribution in [-0.2, 0) is 10.3 Å². The van der Waals surface area contributed by atoms with Gasteiger partial charge in [-0.25, -0.2) is 0 Å². The number of carbonyl (C=O) groups excluding carboxylic acids is 2. The van der Waals surface area contributed by atoms with Gasteiger partial charge in [0.15, 0.2) is 23.3 Å². The molecule has 2 aromatic rings. The molecular formula is C31H28N2O5. The van der Waals surface area contributed by atoms with E-state index in [1.807, 2.05) is 13.8 Å². The fraction of sp³-hybridized carbons (Fsp3) is 0.355. The first-order valence-corrected chi connectivity index (χ1v) is 12.8. The number of aromatic hydroxyl groups is 1. The van der Waals surface area contributed by atoms with E-state index in [1.165, 1.54) is 6.07 Å². The van der Waals surface area contributed by atoms with Gasteiger partial charge in [-0.05, 0) is 62.6 Å². The van der Waals surface area contributed by atoms with Gasteiger partial charge in [-0.1, -0.05) is 37.5 Å². The summed E-state index contributed by atoms with van der Waals surface area (Å²) in [5.41, 5.74) is -0.321. The summed E-state index contributed by atoms with van der Waals surface area (Å²) in [7, 11) is 0. The van der Waals surface area contributed by atoms with Gasteiger partial charge in [0.1, 0.15) is 17.4 Å². The lowest BCUT2D eigenvalue weighted by Gasteiger charge is -2.37. The fourth-order valence-electron chi connectivity index (χ4n) is 6.22. The van der Waals surface area contributed by atoms with Crippen LogP contribution in [0.15, 0.2) is 36.4 Å². The van der Waals surface area contributed by atoms with Gasteiger partial charge >= 0.3 is 0 Å². The van der Waals surface area contributed by atoms with Crippen LogP contribution in [0.2, 0.25) is 0 Å². The van der Waals surface area contributed by atoms with Crippen molar-refractivity contribution in [3.8, 4) is 29.4 Å². The lowest BCUT2D eigenvalue weighted by Crippen LogP contribution is -2.50. The number of aliphatic hydroxyl groups is 1. The molecule has 2 aliphatic carbocycles. The minimum absolute atomic E-state index is 0.0645. The van der Waals surface area contributed by atoms with Crippen LogP contribution in [-0.4, -0.2) is 45.6 Å². The van der Waals surface area contributed by atoms with Gasteiger partial charge in [0.05, 0.1) is 16.8 Å². The number of hydrogen-bond acceptors (Lipinski definition) is 7. The number of fused-ring (bicyclic) bond motifs is 4. The molecule has 38 heavy (non-hydrogen) atoms. The molecule has 2 bridgehead atoms. The van der Waals surface area contributed by atoms with Crippen LogP contribution in [0.5, 0.6) is 5.75 Å². The maximum absolute atomic E-state index is 14.0. The van der Waals surface area contributed by atoms with E-state index >= 15 is 0 Å². The molecule has 6 rings (SSSR count). The van der Waals surface area contributed by atoms with Gasteiger partial charge < -0.3 is 25.6 Å². The second kappa shape index (κ2) is 8.23. The monoisotopic (exact) mass is 508 g/mol. The number of rotatable bonds is 4. The zero-order chi connectivity index (χ0) is 27.0. The van der Waals surface area contributed by atoms with Crippen LogP contribution in [0, 0.1) is 29.6 Å². The number of benzene rings is 2. The third kappa shape index (κ3) is 3.19. The second-order valence-electron chi connectivity index (χ2n) is 11.0. The largest absolute Gasteiger partial charge is 0.507 e. The Morgan fingerprint density at radius 2 is 1.74 bits per heavy atom. The van der Waals surface area contributed by atoms with Crippen LogP contribution >= 0.6 is 0 Å². The molecule has 192 valence electrons. The highest BCUT2D eigenvalue weighted by Gasteiger charge is 2.79. The first-order chi connectivity index (χ1) is 18.1. The number of ether oxygens (including phenoxy) is 1. The predicted octanol–water partition coefficient (Wildman–Crippen LogP) is 3.73. The summed E-state index contributed by atoms with van der Waals surface area (Å²) in [5.74, 6) is 10.9. The first-order valence-electron chi connectivity index (χ1n) is 12.8. The third-order valence-corrected chi connectivity index (χ3v) is 7.60. The second-order valence-corrected chi connectivity index (χ2v) is 11.0. The molecule has 0 unspecified atom stereocenters. The number of nitrogens with one attached hydrogen (secondary N) is 2. The topological polar surface area (TPSA) is 111 Å². The fourth-order valence-corrected chi connectivity index (χ4v) is 6.22. The number of aliphatic hydroxyl groups excluding tert-OH is 1. The summed E-state index contributed by atoms with van der Waals surface area (Å²) in [4.78, 5) is 27.7. The molecule has 4 aliphatic rings. The Morgan fingerprint density at radius 3 is 2.45 bits per heavy atom. The van der Waals surface area contributed by atoms with E-state index < -0.39 is 34.9 Å². The average molecular weight is 509 g/mol. The van der Waals surface area contributed by atoms with Crippen LogP contribution in [0.4, 0.5) is 11.4 Å². The summed E-state index contributed by atoms with van der Waals surface area (Å²) in [6.07, 6.45) is 2.47. The number of hydrogen-bond donors (Lipinski definition) is 4. The van der Waals surface area contributed by atoms with Crippen molar-refractivity contribution in [2.24, 2.45) is 5.92 Å². The van der Waals surface area contributed by atoms with Gasteiger partial charge in [0, 0.05) is 28.4 Å². The Kier molecular flexibility index (Phi) is 5.26. The molecule has 0 spiro atoms. The van der Waals surface area contributed by atoms with Gasteiger partial charge in [-0.3, -0.25) is 9.59 Å². The quantitative estimate of drug-likeness (QED) is 0.241. The number of phenols is 1. The van der Waals surface area contributed by atoms with Gasteiger partial charge in [-0.15, -0.1) is 0 Å². The van der Waals surface area contributed by atoms with E-state index in [2.05, 4.69) is 48.2 Å². The number of phenolic OH excluding ortho intramolecular Hbond substituents is 1. The predicted molar refractivity (Wildman–Crippen MR) is 143 cm³/mol. The minimum atomic E-state index is -1.32. The van der Waals surface area contributed by atoms with E-state index in [9.17, 15) is 19.8 Å². The van der Waals surface area contributed by atoms with Gasteiger partial charge in [0.25, 0.3) is 0 Å². The van der Waals surface area contributed by atoms with E-state index in [4.69, 9.17) is 4.74 Å². The van der Waals surface area contributed by atoms with Gasteiger partial charge in [0.2, 0.25) is 0 Å². The lowest BCUT2D eigenvalue weighted by molar-refractivity contribution is 0.0975. The number of epoxide rings is 1. The van der Waals surface area contributed by atoms with Crippen LogP contribution in [0.3, 0.4) is 0 Å². The summed E-state index contributed by atoms with van der Waals surface area (Å²) in [5, 5.41) is 29.2. The molecule has 4 atom stereocenters. The van der Waals surface area contributed by atoms with Gasteiger partial charge in [-0.2, -0.15) is 0 Å². The number of carbonyl (C=O) groups is 2. The zero-order valence-electron chi connectivity index (χ0n) is 21.6. The number of anilines is 2. The molecule has 0 amide bonds. The molecule has 0 radical (unpaired) electrons. The van der Waals surface area contributed by atoms with Crippen molar-refractivity contribution in [2.45, 2.75) is 63.5 Å². The third-order valence-electron chi connectivity index (χ3n) is 7.60. The molecule has 2 heterocycles. The molecule has 0 saturated carbocycles. The first kappa shape index (κ1) is 24.3. The van der Waals surface area contributed by atoms with E-state index in [0.717, 1.165) is 0 Å². The summed E-state index contributed by atoms with van der Waals surface area (Å²) in [6.45, 7) is 8.06. The average Bonchev–Trinajstić information content (AvgIpc) is 3.54. The molecule has 1 saturated heterocycles. The van der Waals surface area contributed by atoms with Crippen molar-refractivity contribution >= 4 is 22.9 Å². The molecule has 0 aromatic heterocycles. The van der Waals surface area contributed by atoms with Crippen molar-refractivity contribution in [3.63, 3.8) is 0 Å².